The number of hydrogen-bond donors (Lipinski definition) is 1. The van der Waals surface area contributed by atoms with E-state index in [-0.39, 0.29) is 0 Å². The number of hydrogen-bond acceptors (Lipinski definition) is 4. The number of nitrogens with zero attached hydrogens (tertiary/aromatic N) is 3. The Morgan fingerprint density at radius 1 is 1.30 bits per heavy atom. The lowest BCUT2D eigenvalue weighted by Gasteiger charge is -2.21. The molecule has 1 heterocycles. The maximum absolute atomic E-state index is 6.23. The summed E-state index contributed by atoms with van der Waals surface area (Å²) in [5.74, 6) is 1.31. The fourth-order valence-electron chi connectivity index (χ4n) is 1.97. The SMILES string of the molecule is CCCNc1ncc(Cl)c(N(C)c2ccccc2C)n1. The van der Waals surface area contributed by atoms with Crippen LogP contribution in [-0.2, 0) is 0 Å². The van der Waals surface area contributed by atoms with E-state index in [1.165, 1.54) is 5.56 Å². The predicted octanol–water partition coefficient (Wildman–Crippen LogP) is 4.03. The fraction of sp³-hybridized carbons (Fsp3) is 0.333. The Kier molecular flexibility index (Phi) is 4.79. The molecule has 0 saturated heterocycles. The Morgan fingerprint density at radius 2 is 2.05 bits per heavy atom. The highest BCUT2D eigenvalue weighted by molar-refractivity contribution is 6.33. The molecule has 0 aliphatic carbocycles. The maximum Gasteiger partial charge on any atom is 0.224 e. The van der Waals surface area contributed by atoms with Crippen molar-refractivity contribution in [3.8, 4) is 0 Å². The van der Waals surface area contributed by atoms with Crippen molar-refractivity contribution < 1.29 is 0 Å². The third-order valence-corrected chi connectivity index (χ3v) is 3.32. The predicted molar refractivity (Wildman–Crippen MR) is 85.1 cm³/mol. The summed E-state index contributed by atoms with van der Waals surface area (Å²) in [5.41, 5.74) is 2.25. The molecule has 106 valence electrons. The van der Waals surface area contributed by atoms with E-state index in [9.17, 15) is 0 Å². The Morgan fingerprint density at radius 3 is 2.75 bits per heavy atom. The molecule has 0 unspecified atom stereocenters. The van der Waals surface area contributed by atoms with Gasteiger partial charge in [-0.15, -0.1) is 0 Å². The topological polar surface area (TPSA) is 41.1 Å². The van der Waals surface area contributed by atoms with Crippen LogP contribution in [0, 0.1) is 6.92 Å². The van der Waals surface area contributed by atoms with Gasteiger partial charge in [0, 0.05) is 19.3 Å². The number of anilines is 3. The van der Waals surface area contributed by atoms with Gasteiger partial charge in [-0.3, -0.25) is 0 Å². The minimum absolute atomic E-state index is 0.540. The normalized spacial score (nSPS) is 10.4. The van der Waals surface area contributed by atoms with Crippen LogP contribution in [0.1, 0.15) is 18.9 Å². The van der Waals surface area contributed by atoms with Crippen LogP contribution in [0.5, 0.6) is 0 Å². The fourth-order valence-corrected chi connectivity index (χ4v) is 2.19. The van der Waals surface area contributed by atoms with Gasteiger partial charge in [-0.2, -0.15) is 4.98 Å². The van der Waals surface area contributed by atoms with E-state index < -0.39 is 0 Å². The van der Waals surface area contributed by atoms with E-state index in [0.29, 0.717) is 16.8 Å². The summed E-state index contributed by atoms with van der Waals surface area (Å²) in [7, 11) is 1.96. The maximum atomic E-state index is 6.23. The molecule has 5 heteroatoms. The number of aryl methyl sites for hydroxylation is 1. The molecule has 0 amide bonds. The third kappa shape index (κ3) is 3.20. The Balaban J connectivity index is 2.33. The molecule has 0 saturated carbocycles. The van der Waals surface area contributed by atoms with Gasteiger partial charge in [-0.1, -0.05) is 36.7 Å². The summed E-state index contributed by atoms with van der Waals surface area (Å²) in [6.45, 7) is 5.01. The molecule has 1 aromatic heterocycles. The first-order chi connectivity index (χ1) is 9.63. The van der Waals surface area contributed by atoms with Crippen LogP contribution in [0.15, 0.2) is 30.5 Å². The lowest BCUT2D eigenvalue weighted by atomic mass is 10.2. The van der Waals surface area contributed by atoms with Gasteiger partial charge in [-0.25, -0.2) is 4.98 Å². The summed E-state index contributed by atoms with van der Waals surface area (Å²) in [6, 6.07) is 8.14. The number of aromatic nitrogens is 2. The molecule has 0 radical (unpaired) electrons. The first-order valence-electron chi connectivity index (χ1n) is 6.69. The molecule has 0 atom stereocenters. The van der Waals surface area contributed by atoms with Crippen molar-refractivity contribution >= 4 is 29.1 Å². The smallest absolute Gasteiger partial charge is 0.224 e. The van der Waals surface area contributed by atoms with E-state index in [4.69, 9.17) is 11.6 Å². The van der Waals surface area contributed by atoms with Crippen LogP contribution in [-0.4, -0.2) is 23.6 Å². The van der Waals surface area contributed by atoms with Crippen LogP contribution < -0.4 is 10.2 Å². The second kappa shape index (κ2) is 6.57. The number of halogens is 1. The monoisotopic (exact) mass is 290 g/mol. The van der Waals surface area contributed by atoms with Crippen LogP contribution in [0.2, 0.25) is 5.02 Å². The lowest BCUT2D eigenvalue weighted by molar-refractivity contribution is 0.948. The molecule has 20 heavy (non-hydrogen) atoms. The van der Waals surface area contributed by atoms with Gasteiger partial charge in [0.25, 0.3) is 0 Å². The molecule has 0 aliphatic heterocycles. The molecule has 2 rings (SSSR count). The second-order valence-corrected chi connectivity index (χ2v) is 5.04. The van der Waals surface area contributed by atoms with E-state index in [2.05, 4.69) is 35.2 Å². The summed E-state index contributed by atoms with van der Waals surface area (Å²) >= 11 is 6.23. The van der Waals surface area contributed by atoms with Crippen molar-refractivity contribution in [3.63, 3.8) is 0 Å². The average Bonchev–Trinajstić information content (AvgIpc) is 2.46. The minimum Gasteiger partial charge on any atom is -0.354 e. The number of para-hydroxylation sites is 1. The highest BCUT2D eigenvalue weighted by Crippen LogP contribution is 2.30. The van der Waals surface area contributed by atoms with Crippen LogP contribution in [0.3, 0.4) is 0 Å². The van der Waals surface area contributed by atoms with Crippen LogP contribution in [0.4, 0.5) is 17.5 Å². The molecule has 0 fully saturated rings. The minimum atomic E-state index is 0.540. The Bertz CT molecular complexity index is 586. The standard InChI is InChI=1S/C15H19ClN4/c1-4-9-17-15-18-10-12(16)14(19-15)20(3)13-8-6-5-7-11(13)2/h5-8,10H,4,9H2,1-3H3,(H,17,18,19). The van der Waals surface area contributed by atoms with Gasteiger partial charge in [0.05, 0.1) is 6.20 Å². The highest BCUT2D eigenvalue weighted by atomic mass is 35.5. The molecule has 4 nitrogen and oxygen atoms in total. The average molecular weight is 291 g/mol. The van der Waals surface area contributed by atoms with Crippen molar-refractivity contribution in [3.05, 3.63) is 41.0 Å². The largest absolute Gasteiger partial charge is 0.354 e. The van der Waals surface area contributed by atoms with E-state index in [1.54, 1.807) is 6.20 Å². The third-order valence-electron chi connectivity index (χ3n) is 3.05. The first kappa shape index (κ1) is 14.6. The Labute approximate surface area is 124 Å². The van der Waals surface area contributed by atoms with Gasteiger partial charge in [0.15, 0.2) is 5.82 Å². The van der Waals surface area contributed by atoms with Gasteiger partial charge in [-0.05, 0) is 25.0 Å². The summed E-state index contributed by atoms with van der Waals surface area (Å²) in [6.07, 6.45) is 2.66. The van der Waals surface area contributed by atoms with Crippen LogP contribution >= 0.6 is 11.6 Å². The van der Waals surface area contributed by atoms with Gasteiger partial charge in [0.1, 0.15) is 5.02 Å². The Hall–Kier alpha value is -1.81. The summed E-state index contributed by atoms with van der Waals surface area (Å²) in [4.78, 5) is 10.7. The van der Waals surface area contributed by atoms with E-state index in [1.807, 2.05) is 30.1 Å². The van der Waals surface area contributed by atoms with Crippen molar-refractivity contribution in [2.24, 2.45) is 0 Å². The lowest BCUT2D eigenvalue weighted by Crippen LogP contribution is -2.15. The van der Waals surface area contributed by atoms with Crippen molar-refractivity contribution in [1.82, 2.24) is 9.97 Å². The zero-order valence-corrected chi connectivity index (χ0v) is 12.8. The first-order valence-corrected chi connectivity index (χ1v) is 7.07. The van der Waals surface area contributed by atoms with Gasteiger partial charge in [0.2, 0.25) is 5.95 Å². The molecule has 0 spiro atoms. The zero-order valence-electron chi connectivity index (χ0n) is 12.0. The van der Waals surface area contributed by atoms with Crippen LogP contribution in [0.25, 0.3) is 0 Å². The molecule has 2 aromatic rings. The van der Waals surface area contributed by atoms with E-state index in [0.717, 1.165) is 18.7 Å². The van der Waals surface area contributed by atoms with Gasteiger partial charge < -0.3 is 10.2 Å². The van der Waals surface area contributed by atoms with Crippen molar-refractivity contribution in [2.45, 2.75) is 20.3 Å². The molecule has 0 bridgehead atoms. The van der Waals surface area contributed by atoms with Crippen molar-refractivity contribution in [2.75, 3.05) is 23.8 Å². The van der Waals surface area contributed by atoms with Crippen molar-refractivity contribution in [1.29, 1.82) is 0 Å². The molecule has 1 aromatic carbocycles. The molecule has 1 N–H and O–H groups in total. The second-order valence-electron chi connectivity index (χ2n) is 4.64. The quantitative estimate of drug-likeness (QED) is 0.903. The summed E-state index contributed by atoms with van der Waals surface area (Å²) < 4.78 is 0. The molecular formula is C15H19ClN4. The number of benzene rings is 1. The highest BCUT2D eigenvalue weighted by Gasteiger charge is 2.13. The molecular weight excluding hydrogens is 272 g/mol. The van der Waals surface area contributed by atoms with E-state index >= 15 is 0 Å². The summed E-state index contributed by atoms with van der Waals surface area (Å²) in [5, 5.41) is 3.71. The van der Waals surface area contributed by atoms with Gasteiger partial charge >= 0.3 is 0 Å². The number of rotatable bonds is 5. The zero-order chi connectivity index (χ0) is 14.5. The number of nitrogens with one attached hydrogen (secondary N) is 1. The molecule has 0 aliphatic rings.